The number of carbonyl (C=O) groups is 1. The average Bonchev–Trinajstić information content (AvgIpc) is 3.03. The first-order chi connectivity index (χ1) is 12.5. The second-order valence-electron chi connectivity index (χ2n) is 7.05. The molecule has 0 spiro atoms. The summed E-state index contributed by atoms with van der Waals surface area (Å²) in [6.45, 7) is 6.91. The molecule has 1 saturated heterocycles. The second kappa shape index (κ2) is 8.91. The predicted molar refractivity (Wildman–Crippen MR) is 106 cm³/mol. The summed E-state index contributed by atoms with van der Waals surface area (Å²) in [4.78, 5) is 14.4. The van der Waals surface area contributed by atoms with Crippen molar-refractivity contribution in [2.24, 2.45) is 5.92 Å². The van der Waals surface area contributed by atoms with Crippen LogP contribution in [-0.2, 0) is 11.3 Å². The van der Waals surface area contributed by atoms with Crippen LogP contribution < -0.4 is 0 Å². The quantitative estimate of drug-likeness (QED) is 0.685. The lowest BCUT2D eigenvalue weighted by atomic mass is 10.1. The first-order valence-electron chi connectivity index (χ1n) is 9.14. The minimum Gasteiger partial charge on any atom is -0.342 e. The normalized spacial score (nSPS) is 14.8. The van der Waals surface area contributed by atoms with E-state index in [0.29, 0.717) is 16.7 Å². The minimum absolute atomic E-state index is 0.196. The summed E-state index contributed by atoms with van der Waals surface area (Å²) in [6.07, 6.45) is 3.45. The zero-order chi connectivity index (χ0) is 18.5. The lowest BCUT2D eigenvalue weighted by Crippen LogP contribution is -2.36. The van der Waals surface area contributed by atoms with E-state index in [0.717, 1.165) is 49.0 Å². The molecule has 0 radical (unpaired) electrons. The van der Waals surface area contributed by atoms with Gasteiger partial charge in [-0.2, -0.15) is 0 Å². The number of carbonyl (C=O) groups excluding carboxylic acids is 1. The van der Waals surface area contributed by atoms with Gasteiger partial charge >= 0.3 is 0 Å². The Balaban J connectivity index is 1.75. The minimum atomic E-state index is 0.196. The Morgan fingerprint density at radius 3 is 2.50 bits per heavy atom. The van der Waals surface area contributed by atoms with Gasteiger partial charge < -0.3 is 9.47 Å². The molecule has 0 saturated carbocycles. The molecule has 1 aromatic heterocycles. The summed E-state index contributed by atoms with van der Waals surface area (Å²) < 4.78 is 2.11. The molecule has 2 aromatic rings. The van der Waals surface area contributed by atoms with Crippen molar-refractivity contribution < 1.29 is 4.79 Å². The molecule has 140 valence electrons. The average molecular weight is 393 g/mol. The number of halogens is 1. The zero-order valence-corrected chi connectivity index (χ0v) is 16.9. The molecule has 0 atom stereocenters. The van der Waals surface area contributed by atoms with Gasteiger partial charge in [0.05, 0.1) is 5.75 Å². The van der Waals surface area contributed by atoms with Gasteiger partial charge in [-0.1, -0.05) is 37.2 Å². The van der Waals surface area contributed by atoms with Crippen molar-refractivity contribution in [2.45, 2.75) is 44.8 Å². The first kappa shape index (κ1) is 19.2. The number of thioether (sulfide) groups is 1. The number of aromatic nitrogens is 3. The Morgan fingerprint density at radius 2 is 1.85 bits per heavy atom. The van der Waals surface area contributed by atoms with Crippen molar-refractivity contribution in [3.63, 3.8) is 0 Å². The van der Waals surface area contributed by atoms with E-state index in [2.05, 4.69) is 28.6 Å². The maximum Gasteiger partial charge on any atom is 0.233 e. The number of amides is 1. The Morgan fingerprint density at radius 1 is 1.15 bits per heavy atom. The molecule has 26 heavy (non-hydrogen) atoms. The molecule has 3 rings (SSSR count). The number of nitrogens with zero attached hydrogens (tertiary/aromatic N) is 4. The molecule has 1 aliphatic heterocycles. The molecular formula is C19H25ClN4OS. The van der Waals surface area contributed by atoms with E-state index < -0.39 is 0 Å². The highest BCUT2D eigenvalue weighted by atomic mass is 35.5. The van der Waals surface area contributed by atoms with Crippen molar-refractivity contribution in [1.29, 1.82) is 0 Å². The second-order valence-corrected chi connectivity index (χ2v) is 8.43. The Hall–Kier alpha value is -1.53. The molecule has 1 fully saturated rings. The van der Waals surface area contributed by atoms with Gasteiger partial charge in [0, 0.05) is 30.2 Å². The van der Waals surface area contributed by atoms with Crippen LogP contribution in [0.1, 0.15) is 33.1 Å². The van der Waals surface area contributed by atoms with Gasteiger partial charge in [0.1, 0.15) is 0 Å². The molecule has 1 amide bonds. The fraction of sp³-hybridized carbons (Fsp3) is 0.526. The SMILES string of the molecule is CC(C)Cn1c(SCC(=O)N2CCCCC2)nnc1-c1ccc(Cl)cc1. The highest BCUT2D eigenvalue weighted by Gasteiger charge is 2.20. The highest BCUT2D eigenvalue weighted by Crippen LogP contribution is 2.26. The summed E-state index contributed by atoms with van der Waals surface area (Å²) in [6, 6.07) is 7.63. The van der Waals surface area contributed by atoms with Gasteiger partial charge in [-0.05, 0) is 49.4 Å². The summed E-state index contributed by atoms with van der Waals surface area (Å²) in [5.74, 6) is 1.89. The van der Waals surface area contributed by atoms with Crippen molar-refractivity contribution in [2.75, 3.05) is 18.8 Å². The number of piperidine rings is 1. The van der Waals surface area contributed by atoms with Gasteiger partial charge in [0.2, 0.25) is 5.91 Å². The molecule has 1 aromatic carbocycles. The molecule has 1 aliphatic rings. The zero-order valence-electron chi connectivity index (χ0n) is 15.3. The molecular weight excluding hydrogens is 368 g/mol. The fourth-order valence-corrected chi connectivity index (χ4v) is 4.08. The monoisotopic (exact) mass is 392 g/mol. The Kier molecular flexibility index (Phi) is 6.59. The molecule has 0 N–H and O–H groups in total. The van der Waals surface area contributed by atoms with E-state index in [1.807, 2.05) is 29.2 Å². The third kappa shape index (κ3) is 4.80. The van der Waals surface area contributed by atoms with Crippen LogP contribution in [0.5, 0.6) is 0 Å². The van der Waals surface area contributed by atoms with Gasteiger partial charge in [-0.15, -0.1) is 10.2 Å². The first-order valence-corrected chi connectivity index (χ1v) is 10.5. The topological polar surface area (TPSA) is 51.0 Å². The van der Waals surface area contributed by atoms with Crippen LogP contribution in [-0.4, -0.2) is 44.4 Å². The maximum atomic E-state index is 12.5. The van der Waals surface area contributed by atoms with Crippen LogP contribution in [0.25, 0.3) is 11.4 Å². The molecule has 5 nitrogen and oxygen atoms in total. The summed E-state index contributed by atoms with van der Waals surface area (Å²) in [7, 11) is 0. The largest absolute Gasteiger partial charge is 0.342 e. The van der Waals surface area contributed by atoms with Crippen molar-refractivity contribution in [3.05, 3.63) is 29.3 Å². The molecule has 0 unspecified atom stereocenters. The Labute approximate surface area is 164 Å². The van der Waals surface area contributed by atoms with E-state index in [4.69, 9.17) is 11.6 Å². The van der Waals surface area contributed by atoms with Crippen LogP contribution in [0.2, 0.25) is 5.02 Å². The van der Waals surface area contributed by atoms with E-state index >= 15 is 0 Å². The van der Waals surface area contributed by atoms with Crippen LogP contribution >= 0.6 is 23.4 Å². The summed E-state index contributed by atoms with van der Waals surface area (Å²) in [5.41, 5.74) is 0.983. The van der Waals surface area contributed by atoms with E-state index in [1.54, 1.807) is 0 Å². The fourth-order valence-electron chi connectivity index (χ4n) is 3.10. The van der Waals surface area contributed by atoms with Crippen molar-refractivity contribution in [3.8, 4) is 11.4 Å². The van der Waals surface area contributed by atoms with Gasteiger partial charge in [-0.3, -0.25) is 4.79 Å². The number of hydrogen-bond donors (Lipinski definition) is 0. The lowest BCUT2D eigenvalue weighted by Gasteiger charge is -2.26. The van der Waals surface area contributed by atoms with Crippen LogP contribution in [0, 0.1) is 5.92 Å². The van der Waals surface area contributed by atoms with Crippen LogP contribution in [0.15, 0.2) is 29.4 Å². The molecule has 0 bridgehead atoms. The van der Waals surface area contributed by atoms with Crippen LogP contribution in [0.3, 0.4) is 0 Å². The summed E-state index contributed by atoms with van der Waals surface area (Å²) >= 11 is 7.48. The lowest BCUT2D eigenvalue weighted by molar-refractivity contribution is -0.129. The Bertz CT molecular complexity index is 738. The number of hydrogen-bond acceptors (Lipinski definition) is 4. The molecule has 0 aliphatic carbocycles. The maximum absolute atomic E-state index is 12.5. The van der Waals surface area contributed by atoms with Gasteiger partial charge in [-0.25, -0.2) is 0 Å². The third-order valence-electron chi connectivity index (χ3n) is 4.40. The van der Waals surface area contributed by atoms with E-state index in [-0.39, 0.29) is 5.91 Å². The van der Waals surface area contributed by atoms with Gasteiger partial charge in [0.25, 0.3) is 0 Å². The number of likely N-dealkylation sites (tertiary alicyclic amines) is 1. The van der Waals surface area contributed by atoms with Gasteiger partial charge in [0.15, 0.2) is 11.0 Å². The summed E-state index contributed by atoms with van der Waals surface area (Å²) in [5, 5.41) is 10.2. The third-order valence-corrected chi connectivity index (χ3v) is 5.60. The number of rotatable bonds is 6. The smallest absolute Gasteiger partial charge is 0.233 e. The van der Waals surface area contributed by atoms with Crippen molar-refractivity contribution in [1.82, 2.24) is 19.7 Å². The number of benzene rings is 1. The van der Waals surface area contributed by atoms with E-state index in [9.17, 15) is 4.79 Å². The molecule has 7 heteroatoms. The standard InChI is InChI=1S/C19H25ClN4OS/c1-14(2)12-24-18(15-6-8-16(20)9-7-15)21-22-19(24)26-13-17(25)23-10-4-3-5-11-23/h6-9,14H,3-5,10-13H2,1-2H3. The van der Waals surface area contributed by atoms with E-state index in [1.165, 1.54) is 18.2 Å². The molecule has 2 heterocycles. The van der Waals surface area contributed by atoms with Crippen molar-refractivity contribution >= 4 is 29.3 Å². The predicted octanol–water partition coefficient (Wildman–Crippen LogP) is 4.36. The highest BCUT2D eigenvalue weighted by molar-refractivity contribution is 7.99. The van der Waals surface area contributed by atoms with Crippen LogP contribution in [0.4, 0.5) is 0 Å².